The Labute approximate surface area is 199 Å². The van der Waals surface area contributed by atoms with Crippen LogP contribution in [-0.4, -0.2) is 40.7 Å². The summed E-state index contributed by atoms with van der Waals surface area (Å²) in [7, 11) is 0. The van der Waals surface area contributed by atoms with Gasteiger partial charge in [-0.3, -0.25) is 24.5 Å². The predicted octanol–water partition coefficient (Wildman–Crippen LogP) is 3.37. The van der Waals surface area contributed by atoms with Crippen LogP contribution in [0.3, 0.4) is 0 Å². The topological polar surface area (TPSA) is 110 Å². The molecule has 2 aromatic rings. The van der Waals surface area contributed by atoms with E-state index in [9.17, 15) is 41.1 Å². The Bertz CT molecular complexity index is 1260. The van der Waals surface area contributed by atoms with Gasteiger partial charge in [0.2, 0.25) is 17.7 Å². The van der Waals surface area contributed by atoms with Crippen LogP contribution < -0.4 is 11.1 Å². The van der Waals surface area contributed by atoms with Gasteiger partial charge in [0.25, 0.3) is 5.91 Å². The van der Waals surface area contributed by atoms with Crippen molar-refractivity contribution in [1.82, 2.24) is 10.2 Å². The molecule has 13 heteroatoms. The first-order chi connectivity index (χ1) is 16.3. The van der Waals surface area contributed by atoms with Crippen LogP contribution in [0.25, 0.3) is 0 Å². The second kappa shape index (κ2) is 8.59. The SMILES string of the molecule is NC(=O)c1ccc2c(c1)C([C@@H](c1c(F)cc(F)cc1Cl)C(F)(F)F)N(C1CCC(=O)NC1=O)C2=O. The summed E-state index contributed by atoms with van der Waals surface area (Å²) in [5.41, 5.74) is 3.24. The van der Waals surface area contributed by atoms with Crippen molar-refractivity contribution in [2.24, 2.45) is 5.73 Å². The minimum Gasteiger partial charge on any atom is -0.366 e. The molecule has 184 valence electrons. The molecule has 2 aromatic carbocycles. The van der Waals surface area contributed by atoms with Gasteiger partial charge in [0, 0.05) is 29.2 Å². The lowest BCUT2D eigenvalue weighted by Gasteiger charge is -2.39. The van der Waals surface area contributed by atoms with E-state index in [2.05, 4.69) is 0 Å². The summed E-state index contributed by atoms with van der Waals surface area (Å²) in [6.07, 6.45) is -5.83. The van der Waals surface area contributed by atoms with E-state index in [-0.39, 0.29) is 35.6 Å². The van der Waals surface area contributed by atoms with E-state index < -0.39 is 70.0 Å². The zero-order valence-electron chi connectivity index (χ0n) is 17.5. The number of carbonyl (C=O) groups excluding carboxylic acids is 4. The largest absolute Gasteiger partial charge is 0.398 e. The van der Waals surface area contributed by atoms with E-state index in [4.69, 9.17) is 17.3 Å². The minimum absolute atomic E-state index is 0.216. The number of carbonyl (C=O) groups is 4. The highest BCUT2D eigenvalue weighted by Gasteiger charge is 2.57. The highest BCUT2D eigenvalue weighted by Crippen LogP contribution is 2.53. The standard InChI is InChI=1S/C22H15ClF5N3O4/c23-12-6-9(24)7-13(25)16(12)17(22(26,27)28)18-11-5-8(19(29)33)1-2-10(11)21(35)31(18)14-3-4-15(32)30-20(14)34/h1-2,5-7,14,17-18H,3-4H2,(H2,29,33)(H,30,32,34)/t14?,17-,18?/m1/s1. The number of alkyl halides is 3. The second-order valence-corrected chi connectivity index (χ2v) is 8.50. The Hall–Kier alpha value is -3.54. The molecule has 4 amide bonds. The maximum absolute atomic E-state index is 14.8. The number of nitrogens with two attached hydrogens (primary N) is 1. The first-order valence-electron chi connectivity index (χ1n) is 10.1. The van der Waals surface area contributed by atoms with Gasteiger partial charge in [-0.05, 0) is 36.2 Å². The van der Waals surface area contributed by atoms with Crippen molar-refractivity contribution in [3.8, 4) is 0 Å². The molecular formula is C22H15ClF5N3O4. The Morgan fingerprint density at radius 1 is 1.14 bits per heavy atom. The number of benzene rings is 2. The summed E-state index contributed by atoms with van der Waals surface area (Å²) in [4.78, 5) is 49.8. The molecular weight excluding hydrogens is 501 g/mol. The summed E-state index contributed by atoms with van der Waals surface area (Å²) in [6, 6.07) is 0.255. The van der Waals surface area contributed by atoms with Crippen molar-refractivity contribution in [2.75, 3.05) is 0 Å². The summed E-state index contributed by atoms with van der Waals surface area (Å²) in [5.74, 6) is -9.42. The fourth-order valence-corrected chi connectivity index (χ4v) is 4.86. The van der Waals surface area contributed by atoms with Crippen molar-refractivity contribution < 1.29 is 41.1 Å². The van der Waals surface area contributed by atoms with E-state index >= 15 is 0 Å². The first-order valence-corrected chi connectivity index (χ1v) is 10.5. The van der Waals surface area contributed by atoms with Crippen LogP contribution in [0.4, 0.5) is 22.0 Å². The molecule has 4 rings (SSSR count). The van der Waals surface area contributed by atoms with Crippen LogP contribution >= 0.6 is 11.6 Å². The number of hydrogen-bond donors (Lipinski definition) is 2. The van der Waals surface area contributed by atoms with Gasteiger partial charge in [-0.15, -0.1) is 0 Å². The number of amides is 4. The Morgan fingerprint density at radius 2 is 1.83 bits per heavy atom. The van der Waals surface area contributed by atoms with Crippen molar-refractivity contribution in [3.63, 3.8) is 0 Å². The number of nitrogens with one attached hydrogen (secondary N) is 1. The van der Waals surface area contributed by atoms with E-state index in [1.165, 1.54) is 0 Å². The fraction of sp³-hybridized carbons (Fsp3) is 0.273. The molecule has 2 aliphatic rings. The van der Waals surface area contributed by atoms with Gasteiger partial charge in [0.05, 0.1) is 11.1 Å². The number of imide groups is 1. The number of hydrogen-bond acceptors (Lipinski definition) is 4. The van der Waals surface area contributed by atoms with Gasteiger partial charge < -0.3 is 10.6 Å². The molecule has 0 aliphatic carbocycles. The smallest absolute Gasteiger partial charge is 0.366 e. The van der Waals surface area contributed by atoms with Gasteiger partial charge in [0.15, 0.2) is 0 Å². The average Bonchev–Trinajstić information content (AvgIpc) is 3.01. The summed E-state index contributed by atoms with van der Waals surface area (Å²) in [5, 5.41) is 1.09. The van der Waals surface area contributed by atoms with E-state index in [1.54, 1.807) is 0 Å². The second-order valence-electron chi connectivity index (χ2n) is 8.09. The molecule has 0 radical (unpaired) electrons. The first kappa shape index (κ1) is 24.6. The van der Waals surface area contributed by atoms with E-state index in [0.29, 0.717) is 11.0 Å². The summed E-state index contributed by atoms with van der Waals surface area (Å²) in [6.45, 7) is 0. The number of halogens is 6. The molecule has 2 unspecified atom stereocenters. The maximum Gasteiger partial charge on any atom is 0.398 e. The van der Waals surface area contributed by atoms with Crippen LogP contribution in [0.1, 0.15) is 56.6 Å². The van der Waals surface area contributed by atoms with Gasteiger partial charge in [0.1, 0.15) is 23.6 Å². The summed E-state index contributed by atoms with van der Waals surface area (Å²) >= 11 is 5.86. The van der Waals surface area contributed by atoms with Gasteiger partial charge in [-0.1, -0.05) is 11.6 Å². The van der Waals surface area contributed by atoms with Crippen LogP contribution in [0, 0.1) is 11.6 Å². The zero-order chi connectivity index (χ0) is 25.8. The third-order valence-corrected chi connectivity index (χ3v) is 6.30. The van der Waals surface area contributed by atoms with Crippen LogP contribution in [0.2, 0.25) is 5.02 Å². The van der Waals surface area contributed by atoms with Crippen molar-refractivity contribution in [1.29, 1.82) is 0 Å². The Kier molecular flexibility index (Phi) is 6.04. The molecule has 3 atom stereocenters. The number of piperidine rings is 1. The van der Waals surface area contributed by atoms with Gasteiger partial charge >= 0.3 is 6.18 Å². The van der Waals surface area contributed by atoms with Crippen molar-refractivity contribution in [3.05, 3.63) is 69.2 Å². The van der Waals surface area contributed by atoms with Crippen LogP contribution in [-0.2, 0) is 9.59 Å². The molecule has 7 nitrogen and oxygen atoms in total. The van der Waals surface area contributed by atoms with Gasteiger partial charge in [-0.2, -0.15) is 13.2 Å². The molecule has 2 heterocycles. The Balaban J connectivity index is 1.99. The molecule has 0 bridgehead atoms. The van der Waals surface area contributed by atoms with Crippen LogP contribution in [0.5, 0.6) is 0 Å². The van der Waals surface area contributed by atoms with E-state index in [1.807, 2.05) is 5.32 Å². The lowest BCUT2D eigenvalue weighted by Crippen LogP contribution is -2.55. The monoisotopic (exact) mass is 515 g/mol. The number of nitrogens with zero attached hydrogens (tertiary/aromatic N) is 1. The molecule has 1 fully saturated rings. The minimum atomic E-state index is -5.27. The maximum atomic E-state index is 14.8. The molecule has 0 saturated carbocycles. The van der Waals surface area contributed by atoms with Gasteiger partial charge in [-0.25, -0.2) is 8.78 Å². The molecule has 1 saturated heterocycles. The van der Waals surface area contributed by atoms with Crippen LogP contribution in [0.15, 0.2) is 30.3 Å². The number of rotatable bonds is 4. The molecule has 35 heavy (non-hydrogen) atoms. The lowest BCUT2D eigenvalue weighted by atomic mass is 9.84. The molecule has 2 aliphatic heterocycles. The highest BCUT2D eigenvalue weighted by atomic mass is 35.5. The molecule has 3 N–H and O–H groups in total. The third-order valence-electron chi connectivity index (χ3n) is 5.99. The van der Waals surface area contributed by atoms with E-state index in [0.717, 1.165) is 18.2 Å². The zero-order valence-corrected chi connectivity index (χ0v) is 18.2. The normalized spacial score (nSPS) is 21.1. The van der Waals surface area contributed by atoms with Crippen molar-refractivity contribution >= 4 is 35.2 Å². The lowest BCUT2D eigenvalue weighted by molar-refractivity contribution is -0.167. The third kappa shape index (κ3) is 4.22. The Morgan fingerprint density at radius 3 is 2.40 bits per heavy atom. The average molecular weight is 516 g/mol. The quantitative estimate of drug-likeness (QED) is 0.480. The van der Waals surface area contributed by atoms with Crippen molar-refractivity contribution in [2.45, 2.75) is 37.0 Å². The molecule has 0 aromatic heterocycles. The molecule has 0 spiro atoms. The number of fused-ring (bicyclic) bond motifs is 1. The highest BCUT2D eigenvalue weighted by molar-refractivity contribution is 6.31. The summed E-state index contributed by atoms with van der Waals surface area (Å²) < 4.78 is 72.2. The number of primary amides is 1. The predicted molar refractivity (Wildman–Crippen MR) is 110 cm³/mol. The fourth-order valence-electron chi connectivity index (χ4n) is 4.54.